The third-order valence-electron chi connectivity index (χ3n) is 1.66. The number of ether oxygens (including phenoxy) is 3. The summed E-state index contributed by atoms with van der Waals surface area (Å²) in [4.78, 5) is 9.00. The number of rotatable bonds is 8. The summed E-state index contributed by atoms with van der Waals surface area (Å²) in [6, 6.07) is 0. The van der Waals surface area contributed by atoms with Crippen LogP contribution < -0.4 is 0 Å². The maximum absolute atomic E-state index is 9.00. The van der Waals surface area contributed by atoms with E-state index in [1.54, 1.807) is 6.08 Å². The first-order valence-electron chi connectivity index (χ1n) is 5.32. The molecule has 1 rings (SSSR count). The summed E-state index contributed by atoms with van der Waals surface area (Å²) in [5.41, 5.74) is 0. The highest BCUT2D eigenvalue weighted by atomic mass is 16.6. The average molecular weight is 248 g/mol. The number of epoxide rings is 1. The van der Waals surface area contributed by atoms with Crippen LogP contribution in [0.5, 0.6) is 0 Å². The maximum Gasteiger partial charge on any atom is 0.300 e. The van der Waals surface area contributed by atoms with Gasteiger partial charge in [-0.25, -0.2) is 0 Å². The Labute approximate surface area is 101 Å². The molecule has 1 heterocycles. The molecule has 6 heteroatoms. The molecule has 1 aliphatic rings. The van der Waals surface area contributed by atoms with Crippen LogP contribution in [0.2, 0.25) is 0 Å². The van der Waals surface area contributed by atoms with Gasteiger partial charge in [0.2, 0.25) is 0 Å². The second-order valence-corrected chi connectivity index (χ2v) is 3.44. The van der Waals surface area contributed by atoms with Crippen molar-refractivity contribution >= 4 is 5.97 Å². The topological polar surface area (TPSA) is 88.5 Å². The van der Waals surface area contributed by atoms with Gasteiger partial charge in [0, 0.05) is 6.92 Å². The molecule has 2 unspecified atom stereocenters. The smallest absolute Gasteiger partial charge is 0.300 e. The summed E-state index contributed by atoms with van der Waals surface area (Å²) in [6.45, 7) is 6.78. The van der Waals surface area contributed by atoms with Crippen molar-refractivity contribution in [2.24, 2.45) is 0 Å². The zero-order valence-corrected chi connectivity index (χ0v) is 10.0. The minimum Gasteiger partial charge on any atom is -0.481 e. The van der Waals surface area contributed by atoms with E-state index < -0.39 is 5.97 Å². The molecule has 0 aromatic heterocycles. The lowest BCUT2D eigenvalue weighted by atomic mass is 10.4. The van der Waals surface area contributed by atoms with Gasteiger partial charge in [-0.15, -0.1) is 6.58 Å². The first kappa shape index (κ1) is 16.1. The SMILES string of the molecule is C=CCOCC(CO)OCC1CO1.CC(=O)O. The standard InChI is InChI=1S/C9H16O4.C2H4O2/c1-2-3-11-5-8(4-10)12-6-9-7-13-9;1-2(3)4/h2,8-10H,1,3-7H2;1H3,(H,3,4). The molecule has 2 atom stereocenters. The average Bonchev–Trinajstić information content (AvgIpc) is 3.06. The quantitative estimate of drug-likeness (QED) is 0.358. The Bertz CT molecular complexity index is 210. The van der Waals surface area contributed by atoms with Crippen LogP contribution >= 0.6 is 0 Å². The van der Waals surface area contributed by atoms with E-state index in [4.69, 9.17) is 29.2 Å². The largest absolute Gasteiger partial charge is 0.481 e. The van der Waals surface area contributed by atoms with Crippen LogP contribution in [0.15, 0.2) is 12.7 Å². The molecule has 0 aliphatic carbocycles. The maximum atomic E-state index is 9.00. The van der Waals surface area contributed by atoms with Crippen molar-refractivity contribution in [2.75, 3.05) is 33.0 Å². The molecule has 0 amide bonds. The number of hydrogen-bond donors (Lipinski definition) is 2. The molecule has 2 N–H and O–H groups in total. The highest BCUT2D eigenvalue weighted by Crippen LogP contribution is 2.09. The number of aliphatic carboxylic acids is 1. The number of aliphatic hydroxyl groups excluding tert-OH is 1. The van der Waals surface area contributed by atoms with E-state index in [2.05, 4.69) is 6.58 Å². The summed E-state index contributed by atoms with van der Waals surface area (Å²) in [7, 11) is 0. The van der Waals surface area contributed by atoms with Crippen molar-refractivity contribution in [3.05, 3.63) is 12.7 Å². The summed E-state index contributed by atoms with van der Waals surface area (Å²) < 4.78 is 15.4. The van der Waals surface area contributed by atoms with Crippen LogP contribution in [-0.2, 0) is 19.0 Å². The highest BCUT2D eigenvalue weighted by molar-refractivity contribution is 5.62. The molecule has 1 fully saturated rings. The number of carbonyl (C=O) groups is 1. The van der Waals surface area contributed by atoms with Gasteiger partial charge in [-0.05, 0) is 0 Å². The molecule has 0 spiro atoms. The van der Waals surface area contributed by atoms with Gasteiger partial charge in [-0.2, -0.15) is 0 Å². The number of carboxylic acid groups (broad SMARTS) is 1. The van der Waals surface area contributed by atoms with E-state index >= 15 is 0 Å². The highest BCUT2D eigenvalue weighted by Gasteiger charge is 2.24. The molecule has 1 aliphatic heterocycles. The van der Waals surface area contributed by atoms with Gasteiger partial charge < -0.3 is 24.4 Å². The fourth-order valence-electron chi connectivity index (χ4n) is 0.844. The third-order valence-corrected chi connectivity index (χ3v) is 1.66. The monoisotopic (exact) mass is 248 g/mol. The van der Waals surface area contributed by atoms with Gasteiger partial charge in [0.05, 0.1) is 33.0 Å². The van der Waals surface area contributed by atoms with Crippen molar-refractivity contribution < 1.29 is 29.2 Å². The predicted molar refractivity (Wildman–Crippen MR) is 60.9 cm³/mol. The Morgan fingerprint density at radius 3 is 2.71 bits per heavy atom. The first-order valence-corrected chi connectivity index (χ1v) is 5.32. The Morgan fingerprint density at radius 1 is 1.71 bits per heavy atom. The zero-order chi connectivity index (χ0) is 13.1. The Balaban J connectivity index is 0.000000557. The van der Waals surface area contributed by atoms with E-state index in [1.165, 1.54) is 0 Å². The molecule has 17 heavy (non-hydrogen) atoms. The Hall–Kier alpha value is -0.950. The number of hydrogen-bond acceptors (Lipinski definition) is 5. The van der Waals surface area contributed by atoms with E-state index in [-0.39, 0.29) is 18.8 Å². The van der Waals surface area contributed by atoms with E-state index in [0.29, 0.717) is 19.8 Å². The summed E-state index contributed by atoms with van der Waals surface area (Å²) >= 11 is 0. The molecule has 1 saturated heterocycles. The lowest BCUT2D eigenvalue weighted by molar-refractivity contribution is -0.134. The van der Waals surface area contributed by atoms with Crippen LogP contribution in [0, 0.1) is 0 Å². The summed E-state index contributed by atoms with van der Waals surface area (Å²) in [5, 5.41) is 16.3. The molecule has 0 bridgehead atoms. The second kappa shape index (κ2) is 10.2. The van der Waals surface area contributed by atoms with Crippen molar-refractivity contribution in [3.63, 3.8) is 0 Å². The minimum absolute atomic E-state index is 0.0239. The molecule has 6 nitrogen and oxygen atoms in total. The van der Waals surface area contributed by atoms with E-state index in [1.807, 2.05) is 0 Å². The minimum atomic E-state index is -0.833. The lowest BCUT2D eigenvalue weighted by Gasteiger charge is -2.14. The van der Waals surface area contributed by atoms with Gasteiger partial charge in [-0.3, -0.25) is 4.79 Å². The Kier molecular flexibility index (Phi) is 9.65. The third kappa shape index (κ3) is 13.0. The van der Waals surface area contributed by atoms with Crippen molar-refractivity contribution in [2.45, 2.75) is 19.1 Å². The molecule has 100 valence electrons. The fraction of sp³-hybridized carbons (Fsp3) is 0.727. The van der Waals surface area contributed by atoms with Crippen LogP contribution in [0.25, 0.3) is 0 Å². The first-order chi connectivity index (χ1) is 8.10. The molecule has 0 aromatic carbocycles. The Morgan fingerprint density at radius 2 is 2.29 bits per heavy atom. The van der Waals surface area contributed by atoms with Gasteiger partial charge in [0.25, 0.3) is 5.97 Å². The van der Waals surface area contributed by atoms with Crippen molar-refractivity contribution in [1.82, 2.24) is 0 Å². The fourth-order valence-corrected chi connectivity index (χ4v) is 0.844. The van der Waals surface area contributed by atoms with Crippen molar-refractivity contribution in [1.29, 1.82) is 0 Å². The van der Waals surface area contributed by atoms with E-state index in [0.717, 1.165) is 13.5 Å². The lowest BCUT2D eigenvalue weighted by Crippen LogP contribution is -2.25. The van der Waals surface area contributed by atoms with Gasteiger partial charge >= 0.3 is 0 Å². The second-order valence-electron chi connectivity index (χ2n) is 3.44. The van der Waals surface area contributed by atoms with Crippen LogP contribution in [0.1, 0.15) is 6.92 Å². The number of carboxylic acids is 1. The number of aliphatic hydroxyl groups is 1. The predicted octanol–water partition coefficient (Wildman–Crippen LogP) is 0.0562. The van der Waals surface area contributed by atoms with Gasteiger partial charge in [0.15, 0.2) is 0 Å². The van der Waals surface area contributed by atoms with Crippen LogP contribution in [0.3, 0.4) is 0 Å². The van der Waals surface area contributed by atoms with Crippen molar-refractivity contribution in [3.8, 4) is 0 Å². The zero-order valence-electron chi connectivity index (χ0n) is 10.0. The summed E-state index contributed by atoms with van der Waals surface area (Å²) in [5.74, 6) is -0.833. The molecular formula is C11H20O6. The molecular weight excluding hydrogens is 228 g/mol. The van der Waals surface area contributed by atoms with Crippen LogP contribution in [0.4, 0.5) is 0 Å². The molecule has 0 radical (unpaired) electrons. The van der Waals surface area contributed by atoms with Gasteiger partial charge in [-0.1, -0.05) is 6.08 Å². The molecule has 0 aromatic rings. The van der Waals surface area contributed by atoms with Crippen LogP contribution in [-0.4, -0.2) is 61.4 Å². The summed E-state index contributed by atoms with van der Waals surface area (Å²) in [6.07, 6.45) is 1.65. The molecule has 0 saturated carbocycles. The van der Waals surface area contributed by atoms with Gasteiger partial charge in [0.1, 0.15) is 12.2 Å². The van der Waals surface area contributed by atoms with E-state index in [9.17, 15) is 0 Å². The normalized spacial score (nSPS) is 18.8.